The van der Waals surface area contributed by atoms with Gasteiger partial charge in [0.2, 0.25) is 0 Å². The second-order valence-electron chi connectivity index (χ2n) is 7.03. The Morgan fingerprint density at radius 1 is 1.23 bits per heavy atom. The number of hydrogen-bond donors (Lipinski definition) is 1. The summed E-state index contributed by atoms with van der Waals surface area (Å²) in [4.78, 5) is 26.1. The van der Waals surface area contributed by atoms with E-state index < -0.39 is 17.4 Å². The molecule has 0 bridgehead atoms. The molecule has 1 saturated carbocycles. The lowest BCUT2D eigenvalue weighted by atomic mass is 9.88. The minimum absolute atomic E-state index is 0.0364. The number of carboxylic acid groups (broad SMARTS) is 1. The van der Waals surface area contributed by atoms with Crippen molar-refractivity contribution in [3.05, 3.63) is 24.0 Å². The Labute approximate surface area is 130 Å². The molecule has 1 aliphatic carbocycles. The van der Waals surface area contributed by atoms with E-state index in [1.807, 2.05) is 32.2 Å². The molecular formula is C17H24N2O3. The van der Waals surface area contributed by atoms with Crippen molar-refractivity contribution in [2.24, 2.45) is 5.92 Å². The Balaban J connectivity index is 1.86. The average molecular weight is 304 g/mol. The van der Waals surface area contributed by atoms with Gasteiger partial charge in [-0.1, -0.05) is 12.8 Å². The van der Waals surface area contributed by atoms with Crippen LogP contribution in [0.15, 0.2) is 18.3 Å². The standard InChI is InChI=1S/C17H24N2O3/c1-17(2)13(16(21)22)9-11-19(17)15(20)14-8-5-10-18(14)12-6-3-4-7-12/h5,8,10,12-13H,3-4,6-7,9,11H2,1-2H3,(H,21,22). The van der Waals surface area contributed by atoms with Crippen molar-refractivity contribution < 1.29 is 14.7 Å². The van der Waals surface area contributed by atoms with E-state index >= 15 is 0 Å². The fourth-order valence-electron chi connectivity index (χ4n) is 4.09. The number of aliphatic carboxylic acids is 1. The SMILES string of the molecule is CC1(C)C(C(=O)O)CCN1C(=O)c1cccn1C1CCCC1. The van der Waals surface area contributed by atoms with Gasteiger partial charge in [0.1, 0.15) is 5.69 Å². The Kier molecular flexibility index (Phi) is 3.75. The molecule has 3 rings (SSSR count). The first-order valence-electron chi connectivity index (χ1n) is 8.14. The number of carbonyl (C=O) groups is 2. The highest BCUT2D eigenvalue weighted by atomic mass is 16.4. The highest BCUT2D eigenvalue weighted by Crippen LogP contribution is 2.37. The predicted octanol–water partition coefficient (Wildman–Crippen LogP) is 2.93. The maximum atomic E-state index is 13.0. The van der Waals surface area contributed by atoms with Gasteiger partial charge in [-0.05, 0) is 45.2 Å². The summed E-state index contributed by atoms with van der Waals surface area (Å²) >= 11 is 0. The van der Waals surface area contributed by atoms with Crippen LogP contribution in [0.1, 0.15) is 62.5 Å². The number of carboxylic acids is 1. The zero-order valence-corrected chi connectivity index (χ0v) is 13.3. The van der Waals surface area contributed by atoms with Crippen LogP contribution >= 0.6 is 0 Å². The van der Waals surface area contributed by atoms with Crippen molar-refractivity contribution in [2.75, 3.05) is 6.54 Å². The molecule has 2 heterocycles. The van der Waals surface area contributed by atoms with Crippen molar-refractivity contribution in [3.63, 3.8) is 0 Å². The van der Waals surface area contributed by atoms with E-state index in [0.717, 1.165) is 12.8 Å². The monoisotopic (exact) mass is 304 g/mol. The van der Waals surface area contributed by atoms with Gasteiger partial charge >= 0.3 is 5.97 Å². The predicted molar refractivity (Wildman–Crippen MR) is 82.8 cm³/mol. The fraction of sp³-hybridized carbons (Fsp3) is 0.647. The van der Waals surface area contributed by atoms with E-state index in [2.05, 4.69) is 4.57 Å². The first-order valence-corrected chi connectivity index (χ1v) is 8.14. The number of likely N-dealkylation sites (tertiary alicyclic amines) is 1. The number of aromatic nitrogens is 1. The van der Waals surface area contributed by atoms with E-state index in [9.17, 15) is 14.7 Å². The van der Waals surface area contributed by atoms with Gasteiger partial charge in [-0.3, -0.25) is 9.59 Å². The largest absolute Gasteiger partial charge is 0.481 e. The molecule has 1 aromatic rings. The van der Waals surface area contributed by atoms with Gasteiger partial charge in [-0.25, -0.2) is 0 Å². The van der Waals surface area contributed by atoms with Crippen LogP contribution in [0.2, 0.25) is 0 Å². The topological polar surface area (TPSA) is 62.5 Å². The molecule has 22 heavy (non-hydrogen) atoms. The first kappa shape index (κ1) is 15.1. The minimum atomic E-state index is -0.813. The van der Waals surface area contributed by atoms with Crippen LogP contribution in [-0.4, -0.2) is 38.5 Å². The molecule has 1 aliphatic heterocycles. The Morgan fingerprint density at radius 3 is 2.50 bits per heavy atom. The Bertz CT molecular complexity index is 584. The van der Waals surface area contributed by atoms with Crippen molar-refractivity contribution in [2.45, 2.75) is 57.5 Å². The van der Waals surface area contributed by atoms with Crippen molar-refractivity contribution in [3.8, 4) is 0 Å². The van der Waals surface area contributed by atoms with E-state index in [-0.39, 0.29) is 5.91 Å². The van der Waals surface area contributed by atoms with Gasteiger partial charge in [0.15, 0.2) is 0 Å². The van der Waals surface area contributed by atoms with Gasteiger partial charge in [0, 0.05) is 18.8 Å². The zero-order chi connectivity index (χ0) is 15.9. The molecule has 1 aromatic heterocycles. The van der Waals surface area contributed by atoms with Crippen molar-refractivity contribution in [1.29, 1.82) is 0 Å². The van der Waals surface area contributed by atoms with Gasteiger partial charge < -0.3 is 14.6 Å². The number of hydrogen-bond acceptors (Lipinski definition) is 2. The molecule has 0 radical (unpaired) electrons. The number of nitrogens with zero attached hydrogens (tertiary/aromatic N) is 2. The molecule has 120 valence electrons. The van der Waals surface area contributed by atoms with Gasteiger partial charge in [0.05, 0.1) is 11.5 Å². The lowest BCUT2D eigenvalue weighted by Crippen LogP contribution is -2.48. The lowest BCUT2D eigenvalue weighted by molar-refractivity contribution is -0.143. The lowest BCUT2D eigenvalue weighted by Gasteiger charge is -2.34. The summed E-state index contributed by atoms with van der Waals surface area (Å²) in [6, 6.07) is 4.20. The maximum absolute atomic E-state index is 13.0. The summed E-state index contributed by atoms with van der Waals surface area (Å²) < 4.78 is 2.10. The van der Waals surface area contributed by atoms with Gasteiger partial charge in [-0.2, -0.15) is 0 Å². The molecule has 1 unspecified atom stereocenters. The molecule has 2 aliphatic rings. The van der Waals surface area contributed by atoms with Gasteiger partial charge in [-0.15, -0.1) is 0 Å². The fourth-order valence-corrected chi connectivity index (χ4v) is 4.09. The third kappa shape index (κ3) is 2.32. The highest BCUT2D eigenvalue weighted by molar-refractivity contribution is 5.94. The number of carbonyl (C=O) groups excluding carboxylic acids is 1. The highest BCUT2D eigenvalue weighted by Gasteiger charge is 2.48. The first-order chi connectivity index (χ1) is 10.4. The molecule has 2 fully saturated rings. The molecule has 1 atom stereocenters. The van der Waals surface area contributed by atoms with E-state index in [1.165, 1.54) is 12.8 Å². The summed E-state index contributed by atoms with van der Waals surface area (Å²) in [6.07, 6.45) is 7.19. The smallest absolute Gasteiger partial charge is 0.308 e. The van der Waals surface area contributed by atoms with Gasteiger partial charge in [0.25, 0.3) is 5.91 Å². The molecule has 1 saturated heterocycles. The van der Waals surface area contributed by atoms with Crippen LogP contribution in [0.5, 0.6) is 0 Å². The molecule has 0 spiro atoms. The normalized spacial score (nSPS) is 24.8. The van der Waals surface area contributed by atoms with Crippen LogP contribution in [0, 0.1) is 5.92 Å². The molecule has 1 N–H and O–H groups in total. The van der Waals surface area contributed by atoms with Crippen LogP contribution in [0.4, 0.5) is 0 Å². The summed E-state index contributed by atoms with van der Waals surface area (Å²) in [5.74, 6) is -1.34. The van der Waals surface area contributed by atoms with Crippen molar-refractivity contribution >= 4 is 11.9 Å². The quantitative estimate of drug-likeness (QED) is 0.934. The molecule has 5 heteroatoms. The average Bonchev–Trinajstić information content (AvgIpc) is 3.15. The second kappa shape index (κ2) is 5.45. The zero-order valence-electron chi connectivity index (χ0n) is 13.3. The molecular weight excluding hydrogens is 280 g/mol. The third-order valence-electron chi connectivity index (χ3n) is 5.45. The van der Waals surface area contributed by atoms with E-state index in [1.54, 1.807) is 4.90 Å². The Hall–Kier alpha value is -1.78. The Morgan fingerprint density at radius 2 is 1.91 bits per heavy atom. The second-order valence-corrected chi connectivity index (χ2v) is 7.03. The summed E-state index contributed by atoms with van der Waals surface area (Å²) in [6.45, 7) is 4.23. The molecule has 5 nitrogen and oxygen atoms in total. The summed E-state index contributed by atoms with van der Waals surface area (Å²) in [5.41, 5.74) is 0.0549. The summed E-state index contributed by atoms with van der Waals surface area (Å²) in [7, 11) is 0. The van der Waals surface area contributed by atoms with E-state index in [0.29, 0.717) is 24.7 Å². The molecule has 1 amide bonds. The van der Waals surface area contributed by atoms with Crippen LogP contribution in [0.25, 0.3) is 0 Å². The van der Waals surface area contributed by atoms with Crippen LogP contribution in [-0.2, 0) is 4.79 Å². The van der Waals surface area contributed by atoms with E-state index in [4.69, 9.17) is 0 Å². The number of rotatable bonds is 3. The molecule has 0 aromatic carbocycles. The van der Waals surface area contributed by atoms with Crippen LogP contribution < -0.4 is 0 Å². The minimum Gasteiger partial charge on any atom is -0.481 e. The van der Waals surface area contributed by atoms with Crippen molar-refractivity contribution in [1.82, 2.24) is 9.47 Å². The number of amides is 1. The third-order valence-corrected chi connectivity index (χ3v) is 5.45. The maximum Gasteiger partial charge on any atom is 0.308 e. The summed E-state index contributed by atoms with van der Waals surface area (Å²) in [5, 5.41) is 9.36. The van der Waals surface area contributed by atoms with Crippen LogP contribution in [0.3, 0.4) is 0 Å².